The molecule has 12 heteroatoms. The van der Waals surface area contributed by atoms with Gasteiger partial charge in [-0.15, -0.1) is 0 Å². The second-order valence-electron chi connectivity index (χ2n) is 12.2. The summed E-state index contributed by atoms with van der Waals surface area (Å²) in [6.45, 7) is 8.14. The quantitative estimate of drug-likeness (QED) is 0.245. The summed E-state index contributed by atoms with van der Waals surface area (Å²) < 4.78 is 73.9. The molecule has 0 fully saturated rings. The van der Waals surface area contributed by atoms with Gasteiger partial charge in [0.05, 0.1) is 29.7 Å². The number of methoxy groups -OCH3 is 1. The van der Waals surface area contributed by atoms with Crippen molar-refractivity contribution in [1.82, 2.24) is 20.3 Å². The van der Waals surface area contributed by atoms with Gasteiger partial charge in [-0.25, -0.2) is 18.1 Å². The van der Waals surface area contributed by atoms with Gasteiger partial charge in [0, 0.05) is 31.8 Å². The van der Waals surface area contributed by atoms with Gasteiger partial charge in [0.25, 0.3) is 0 Å². The van der Waals surface area contributed by atoms with Crippen LogP contribution in [0.2, 0.25) is 0 Å². The molecule has 1 heterocycles. The second kappa shape index (κ2) is 13.7. The van der Waals surface area contributed by atoms with E-state index in [1.807, 2.05) is 12.1 Å². The third-order valence-corrected chi connectivity index (χ3v) is 8.84. The Morgan fingerprint density at radius 1 is 1.09 bits per heavy atom. The third kappa shape index (κ3) is 9.02. The Labute approximate surface area is 256 Å². The normalized spacial score (nSPS) is 16.2. The molecule has 0 spiro atoms. The molecular formula is C32H39F3N4O4S. The largest absolute Gasteiger partial charge is 0.481 e. The number of hydrogen-bond acceptors (Lipinski definition) is 6. The van der Waals surface area contributed by atoms with Crippen molar-refractivity contribution in [1.29, 1.82) is 0 Å². The Balaban J connectivity index is 1.52. The lowest BCUT2D eigenvalue weighted by Crippen LogP contribution is -2.36. The van der Waals surface area contributed by atoms with Gasteiger partial charge in [0.2, 0.25) is 21.8 Å². The zero-order valence-electron chi connectivity index (χ0n) is 25.3. The summed E-state index contributed by atoms with van der Waals surface area (Å²) in [5, 5.41) is 6.53. The number of benzene rings is 2. The van der Waals surface area contributed by atoms with Gasteiger partial charge in [-0.1, -0.05) is 51.1 Å². The highest BCUT2D eigenvalue weighted by atomic mass is 32.2. The smallest absolute Gasteiger partial charge is 0.416 e. The molecule has 1 aliphatic carbocycles. The van der Waals surface area contributed by atoms with E-state index in [1.54, 1.807) is 6.07 Å². The number of alkyl halides is 3. The fourth-order valence-corrected chi connectivity index (χ4v) is 6.46. The number of amides is 1. The molecule has 2 atom stereocenters. The first-order valence-electron chi connectivity index (χ1n) is 14.5. The number of hydrogen-bond donors (Lipinski definition) is 3. The lowest BCUT2D eigenvalue weighted by Gasteiger charge is -2.28. The van der Waals surface area contributed by atoms with Crippen molar-refractivity contribution in [2.75, 3.05) is 13.7 Å². The van der Waals surface area contributed by atoms with Gasteiger partial charge in [-0.05, 0) is 65.1 Å². The Bertz CT molecular complexity index is 1550. The van der Waals surface area contributed by atoms with E-state index in [9.17, 15) is 26.4 Å². The molecule has 0 saturated heterocycles. The van der Waals surface area contributed by atoms with Gasteiger partial charge in [0.1, 0.15) is 0 Å². The first kappa shape index (κ1) is 33.4. The van der Waals surface area contributed by atoms with Crippen molar-refractivity contribution in [3.8, 4) is 5.88 Å². The molecule has 1 aromatic heterocycles. The Kier molecular flexibility index (Phi) is 10.4. The highest BCUT2D eigenvalue weighted by Gasteiger charge is 2.33. The minimum atomic E-state index is -4.72. The standard InChI is InChI=1S/C32H39F3N4O4S/c1-31(2,3)20-36-18-21-11-13-26-22(15-21)7-5-10-27(26)38-29(40)17-28(23-12-14-30(43-4)37-19-23)39-44(41,42)25-9-6-8-24(16-25)32(33,34)35/h6,8-9,11-16,19,27-28,36,39H,5,7,10,17-18,20H2,1-4H3,(H,38,40)/t27-,28-/m1/s1. The average molecular weight is 633 g/mol. The summed E-state index contributed by atoms with van der Waals surface area (Å²) in [7, 11) is -3.02. The molecule has 0 bridgehead atoms. The van der Waals surface area contributed by atoms with Crippen molar-refractivity contribution in [2.24, 2.45) is 5.41 Å². The number of aryl methyl sites for hydroxylation is 1. The molecule has 0 radical (unpaired) electrons. The maximum atomic E-state index is 13.4. The molecule has 0 unspecified atom stereocenters. The average Bonchev–Trinajstić information content (AvgIpc) is 2.96. The number of pyridine rings is 1. The Morgan fingerprint density at radius 2 is 1.86 bits per heavy atom. The zero-order valence-corrected chi connectivity index (χ0v) is 26.1. The zero-order chi connectivity index (χ0) is 32.1. The summed E-state index contributed by atoms with van der Waals surface area (Å²) in [4.78, 5) is 16.9. The van der Waals surface area contributed by atoms with Crippen molar-refractivity contribution < 1.29 is 31.1 Å². The van der Waals surface area contributed by atoms with Gasteiger partial charge in [-0.3, -0.25) is 4.79 Å². The van der Waals surface area contributed by atoms with E-state index < -0.39 is 38.6 Å². The highest BCUT2D eigenvalue weighted by Crippen LogP contribution is 2.33. The van der Waals surface area contributed by atoms with Gasteiger partial charge >= 0.3 is 6.18 Å². The number of aromatic nitrogens is 1. The van der Waals surface area contributed by atoms with E-state index in [2.05, 4.69) is 47.2 Å². The van der Waals surface area contributed by atoms with Crippen LogP contribution in [0.1, 0.15) is 79.9 Å². The molecule has 3 N–H and O–H groups in total. The first-order chi connectivity index (χ1) is 20.6. The van der Waals surface area contributed by atoms with Crippen molar-refractivity contribution in [2.45, 2.75) is 76.2 Å². The predicted molar refractivity (Wildman–Crippen MR) is 161 cm³/mol. The maximum absolute atomic E-state index is 13.4. The molecule has 0 aliphatic heterocycles. The van der Waals surface area contributed by atoms with Crippen LogP contribution in [0.3, 0.4) is 0 Å². The number of rotatable bonds is 11. The van der Waals surface area contributed by atoms with Crippen LogP contribution in [-0.4, -0.2) is 33.0 Å². The molecule has 238 valence electrons. The van der Waals surface area contributed by atoms with E-state index in [4.69, 9.17) is 4.74 Å². The first-order valence-corrected chi connectivity index (χ1v) is 15.9. The minimum Gasteiger partial charge on any atom is -0.481 e. The van der Waals surface area contributed by atoms with E-state index in [0.717, 1.165) is 67.2 Å². The van der Waals surface area contributed by atoms with E-state index >= 15 is 0 Å². The Morgan fingerprint density at radius 3 is 2.52 bits per heavy atom. The number of halogens is 3. The van der Waals surface area contributed by atoms with Gasteiger partial charge < -0.3 is 15.4 Å². The van der Waals surface area contributed by atoms with Crippen LogP contribution in [0.5, 0.6) is 5.88 Å². The molecule has 3 aromatic rings. The summed E-state index contributed by atoms with van der Waals surface area (Å²) >= 11 is 0. The molecule has 2 aromatic carbocycles. The van der Waals surface area contributed by atoms with Crippen molar-refractivity contribution in [3.05, 3.63) is 88.6 Å². The molecule has 1 amide bonds. The van der Waals surface area contributed by atoms with Crippen LogP contribution >= 0.6 is 0 Å². The fourth-order valence-electron chi connectivity index (χ4n) is 5.19. The molecule has 1 aliphatic rings. The minimum absolute atomic E-state index is 0.171. The van der Waals surface area contributed by atoms with Crippen LogP contribution < -0.4 is 20.1 Å². The third-order valence-electron chi connectivity index (χ3n) is 7.37. The number of nitrogens with one attached hydrogen (secondary N) is 3. The molecule has 44 heavy (non-hydrogen) atoms. The number of ether oxygens (including phenoxy) is 1. The second-order valence-corrected chi connectivity index (χ2v) is 14.0. The number of carbonyl (C=O) groups excluding carboxylic acids is 1. The lowest BCUT2D eigenvalue weighted by atomic mass is 9.86. The molecule has 0 saturated carbocycles. The lowest BCUT2D eigenvalue weighted by molar-refractivity contribution is -0.137. The van der Waals surface area contributed by atoms with E-state index in [-0.39, 0.29) is 23.8 Å². The van der Waals surface area contributed by atoms with Crippen LogP contribution in [0, 0.1) is 5.41 Å². The fraction of sp³-hybridized carbons (Fsp3) is 0.438. The van der Waals surface area contributed by atoms with Crippen molar-refractivity contribution in [3.63, 3.8) is 0 Å². The monoisotopic (exact) mass is 632 g/mol. The van der Waals surface area contributed by atoms with E-state index in [1.165, 1.54) is 19.4 Å². The van der Waals surface area contributed by atoms with Gasteiger partial charge in [-0.2, -0.15) is 13.2 Å². The number of nitrogens with zero attached hydrogens (tertiary/aromatic N) is 1. The van der Waals surface area contributed by atoms with Gasteiger partial charge in [0.15, 0.2) is 0 Å². The molecule has 8 nitrogen and oxygen atoms in total. The van der Waals surface area contributed by atoms with Crippen LogP contribution in [0.4, 0.5) is 13.2 Å². The summed E-state index contributed by atoms with van der Waals surface area (Å²) in [5.41, 5.74) is 2.79. The molecule has 4 rings (SSSR count). The predicted octanol–water partition coefficient (Wildman–Crippen LogP) is 5.85. The van der Waals surface area contributed by atoms with Crippen LogP contribution in [0.15, 0.2) is 65.7 Å². The summed E-state index contributed by atoms with van der Waals surface area (Å²) in [6.07, 6.45) is -1.14. The van der Waals surface area contributed by atoms with Crippen molar-refractivity contribution >= 4 is 15.9 Å². The topological polar surface area (TPSA) is 109 Å². The number of sulfonamides is 1. The Hall–Kier alpha value is -3.48. The van der Waals surface area contributed by atoms with Crippen LogP contribution in [-0.2, 0) is 34.0 Å². The summed E-state index contributed by atoms with van der Waals surface area (Å²) in [5.74, 6) is -0.129. The number of carbonyl (C=O) groups is 1. The van der Waals surface area contributed by atoms with E-state index in [0.29, 0.717) is 11.6 Å². The molecular weight excluding hydrogens is 593 g/mol. The number of fused-ring (bicyclic) bond motifs is 1. The summed E-state index contributed by atoms with van der Waals surface area (Å²) in [6, 6.07) is 11.4. The van der Waals surface area contributed by atoms with Crippen LogP contribution in [0.25, 0.3) is 0 Å². The SMILES string of the molecule is COc1ccc([C@@H](CC(=O)N[C@@H]2CCCc3cc(CNCC(C)(C)C)ccc32)NS(=O)(=O)c2cccc(C(F)(F)F)c2)cn1. The highest BCUT2D eigenvalue weighted by molar-refractivity contribution is 7.89. The maximum Gasteiger partial charge on any atom is 0.416 e.